The van der Waals surface area contributed by atoms with E-state index in [-0.39, 0.29) is 16.7 Å². The SMILES string of the molecule is Cc1ccc(C(C)NCc2csc(=O)[nH]2)cc1F. The Hall–Kier alpha value is -1.46. The van der Waals surface area contributed by atoms with Gasteiger partial charge in [-0.05, 0) is 31.0 Å². The van der Waals surface area contributed by atoms with Crippen LogP contribution in [0.2, 0.25) is 0 Å². The minimum atomic E-state index is -0.190. The number of aryl methyl sites for hydroxylation is 1. The standard InChI is InChI=1S/C13H15FN2OS/c1-8-3-4-10(5-12(8)14)9(2)15-6-11-7-18-13(17)16-11/h3-5,7,9,15H,6H2,1-2H3,(H,16,17). The average molecular weight is 266 g/mol. The van der Waals surface area contributed by atoms with Gasteiger partial charge in [0.05, 0.1) is 0 Å². The fourth-order valence-corrected chi connectivity index (χ4v) is 2.24. The summed E-state index contributed by atoms with van der Waals surface area (Å²) in [6.07, 6.45) is 0. The molecule has 0 aliphatic rings. The first-order valence-corrected chi connectivity index (χ1v) is 6.60. The molecular weight excluding hydrogens is 251 g/mol. The quantitative estimate of drug-likeness (QED) is 0.893. The average Bonchev–Trinajstić information content (AvgIpc) is 2.75. The van der Waals surface area contributed by atoms with E-state index in [1.807, 2.05) is 13.0 Å². The molecule has 1 unspecified atom stereocenters. The number of thiazole rings is 1. The predicted octanol–water partition coefficient (Wildman–Crippen LogP) is 2.73. The van der Waals surface area contributed by atoms with Crippen molar-refractivity contribution in [1.82, 2.24) is 10.3 Å². The van der Waals surface area contributed by atoms with E-state index >= 15 is 0 Å². The van der Waals surface area contributed by atoms with Crippen molar-refractivity contribution >= 4 is 11.3 Å². The van der Waals surface area contributed by atoms with Gasteiger partial charge < -0.3 is 10.3 Å². The molecule has 18 heavy (non-hydrogen) atoms. The van der Waals surface area contributed by atoms with Gasteiger partial charge in [-0.1, -0.05) is 23.5 Å². The molecule has 0 spiro atoms. The van der Waals surface area contributed by atoms with E-state index < -0.39 is 0 Å². The molecule has 1 atom stereocenters. The lowest BCUT2D eigenvalue weighted by molar-refractivity contribution is 0.558. The molecule has 0 saturated heterocycles. The Bertz CT molecular complexity index is 591. The molecule has 0 saturated carbocycles. The lowest BCUT2D eigenvalue weighted by atomic mass is 10.1. The van der Waals surface area contributed by atoms with Crippen LogP contribution in [0.4, 0.5) is 4.39 Å². The molecule has 3 nitrogen and oxygen atoms in total. The van der Waals surface area contributed by atoms with Crippen molar-refractivity contribution in [2.75, 3.05) is 0 Å². The summed E-state index contributed by atoms with van der Waals surface area (Å²) < 4.78 is 13.4. The molecule has 1 aromatic carbocycles. The summed E-state index contributed by atoms with van der Waals surface area (Å²) in [4.78, 5) is 13.6. The van der Waals surface area contributed by atoms with E-state index in [0.29, 0.717) is 12.1 Å². The van der Waals surface area contributed by atoms with Crippen LogP contribution in [0.15, 0.2) is 28.4 Å². The van der Waals surface area contributed by atoms with Gasteiger partial charge in [0.2, 0.25) is 0 Å². The Morgan fingerprint density at radius 1 is 1.50 bits per heavy atom. The van der Waals surface area contributed by atoms with E-state index in [2.05, 4.69) is 10.3 Å². The summed E-state index contributed by atoms with van der Waals surface area (Å²) in [6.45, 7) is 4.28. The number of nitrogens with one attached hydrogen (secondary N) is 2. The van der Waals surface area contributed by atoms with Crippen LogP contribution in [0, 0.1) is 12.7 Å². The second-order valence-corrected chi connectivity index (χ2v) is 5.13. The van der Waals surface area contributed by atoms with Gasteiger partial charge in [-0.25, -0.2) is 4.39 Å². The highest BCUT2D eigenvalue weighted by Gasteiger charge is 2.07. The Balaban J connectivity index is 2.01. The van der Waals surface area contributed by atoms with Crippen molar-refractivity contribution in [2.45, 2.75) is 26.4 Å². The molecule has 0 amide bonds. The Labute approximate surface area is 109 Å². The largest absolute Gasteiger partial charge is 0.315 e. The molecular formula is C13H15FN2OS. The highest BCUT2D eigenvalue weighted by Crippen LogP contribution is 2.16. The van der Waals surface area contributed by atoms with E-state index in [9.17, 15) is 9.18 Å². The first kappa shape index (κ1) is 13.0. The second-order valence-electron chi connectivity index (χ2n) is 4.28. The number of aromatic nitrogens is 1. The zero-order chi connectivity index (χ0) is 13.1. The normalized spacial score (nSPS) is 12.6. The minimum Gasteiger partial charge on any atom is -0.315 e. The number of hydrogen-bond acceptors (Lipinski definition) is 3. The molecule has 0 fully saturated rings. The van der Waals surface area contributed by atoms with Crippen molar-refractivity contribution in [1.29, 1.82) is 0 Å². The fraction of sp³-hybridized carbons (Fsp3) is 0.308. The maximum Gasteiger partial charge on any atom is 0.304 e. The van der Waals surface area contributed by atoms with Crippen LogP contribution in [-0.2, 0) is 6.54 Å². The summed E-state index contributed by atoms with van der Waals surface area (Å²) in [7, 11) is 0. The van der Waals surface area contributed by atoms with Crippen LogP contribution >= 0.6 is 11.3 Å². The van der Waals surface area contributed by atoms with Crippen molar-refractivity contribution < 1.29 is 4.39 Å². The maximum atomic E-state index is 13.4. The Morgan fingerprint density at radius 2 is 2.28 bits per heavy atom. The molecule has 2 N–H and O–H groups in total. The molecule has 2 rings (SSSR count). The van der Waals surface area contributed by atoms with Gasteiger partial charge in [0.15, 0.2) is 0 Å². The molecule has 0 radical (unpaired) electrons. The summed E-state index contributed by atoms with van der Waals surface area (Å²) >= 11 is 1.15. The maximum absolute atomic E-state index is 13.4. The number of H-pyrrole nitrogens is 1. The van der Waals surface area contributed by atoms with E-state index in [1.54, 1.807) is 24.4 Å². The number of hydrogen-bond donors (Lipinski definition) is 2. The zero-order valence-electron chi connectivity index (χ0n) is 10.3. The third kappa shape index (κ3) is 3.05. The van der Waals surface area contributed by atoms with Crippen LogP contribution < -0.4 is 10.2 Å². The van der Waals surface area contributed by atoms with Crippen LogP contribution in [0.25, 0.3) is 0 Å². The van der Waals surface area contributed by atoms with Gasteiger partial charge in [0, 0.05) is 23.7 Å². The first-order valence-electron chi connectivity index (χ1n) is 5.72. The molecule has 2 aromatic rings. The molecule has 1 aromatic heterocycles. The monoisotopic (exact) mass is 266 g/mol. The zero-order valence-corrected chi connectivity index (χ0v) is 11.1. The highest BCUT2D eigenvalue weighted by molar-refractivity contribution is 7.07. The van der Waals surface area contributed by atoms with Gasteiger partial charge in [-0.15, -0.1) is 0 Å². The van der Waals surface area contributed by atoms with Gasteiger partial charge in [0.1, 0.15) is 5.82 Å². The molecule has 0 aliphatic heterocycles. The molecule has 0 aliphatic carbocycles. The summed E-state index contributed by atoms with van der Waals surface area (Å²) in [5.74, 6) is -0.190. The molecule has 0 bridgehead atoms. The van der Waals surface area contributed by atoms with Crippen molar-refractivity contribution in [3.8, 4) is 0 Å². The molecule has 5 heteroatoms. The van der Waals surface area contributed by atoms with Crippen LogP contribution in [0.1, 0.15) is 29.8 Å². The molecule has 96 valence electrons. The van der Waals surface area contributed by atoms with Crippen LogP contribution in [0.5, 0.6) is 0 Å². The van der Waals surface area contributed by atoms with E-state index in [0.717, 1.165) is 22.6 Å². The van der Waals surface area contributed by atoms with Gasteiger partial charge in [0.25, 0.3) is 0 Å². The number of benzene rings is 1. The van der Waals surface area contributed by atoms with Crippen LogP contribution in [-0.4, -0.2) is 4.98 Å². The first-order chi connectivity index (χ1) is 8.56. The Kier molecular flexibility index (Phi) is 3.93. The topological polar surface area (TPSA) is 44.9 Å². The molecule has 1 heterocycles. The third-order valence-electron chi connectivity index (χ3n) is 2.87. The second kappa shape index (κ2) is 5.46. The fourth-order valence-electron chi connectivity index (χ4n) is 1.66. The minimum absolute atomic E-state index is 0.0310. The smallest absolute Gasteiger partial charge is 0.304 e. The lowest BCUT2D eigenvalue weighted by Gasteiger charge is -2.14. The third-order valence-corrected chi connectivity index (χ3v) is 3.58. The Morgan fingerprint density at radius 3 is 2.89 bits per heavy atom. The summed E-state index contributed by atoms with van der Waals surface area (Å²) in [5.41, 5.74) is 2.40. The van der Waals surface area contributed by atoms with Crippen molar-refractivity contribution in [3.63, 3.8) is 0 Å². The van der Waals surface area contributed by atoms with Gasteiger partial charge >= 0.3 is 4.87 Å². The van der Waals surface area contributed by atoms with Crippen molar-refractivity contribution in [2.24, 2.45) is 0 Å². The van der Waals surface area contributed by atoms with E-state index in [1.165, 1.54) is 0 Å². The summed E-state index contributed by atoms with van der Waals surface area (Å²) in [6, 6.07) is 5.26. The van der Waals surface area contributed by atoms with Crippen molar-refractivity contribution in [3.05, 3.63) is 55.9 Å². The number of halogens is 1. The number of rotatable bonds is 4. The highest BCUT2D eigenvalue weighted by atomic mass is 32.1. The predicted molar refractivity (Wildman–Crippen MR) is 71.3 cm³/mol. The van der Waals surface area contributed by atoms with Gasteiger partial charge in [-0.3, -0.25) is 4.79 Å². The lowest BCUT2D eigenvalue weighted by Crippen LogP contribution is -2.19. The van der Waals surface area contributed by atoms with Gasteiger partial charge in [-0.2, -0.15) is 0 Å². The van der Waals surface area contributed by atoms with Crippen LogP contribution in [0.3, 0.4) is 0 Å². The summed E-state index contributed by atoms with van der Waals surface area (Å²) in [5, 5.41) is 5.03. The van der Waals surface area contributed by atoms with E-state index in [4.69, 9.17) is 0 Å². The number of aromatic amines is 1.